The van der Waals surface area contributed by atoms with Crippen molar-refractivity contribution in [3.05, 3.63) is 24.0 Å². The van der Waals surface area contributed by atoms with Crippen LogP contribution in [0.1, 0.15) is 18.4 Å². The van der Waals surface area contributed by atoms with Gasteiger partial charge in [-0.2, -0.15) is 0 Å². The van der Waals surface area contributed by atoms with E-state index >= 15 is 0 Å². The predicted octanol–water partition coefficient (Wildman–Crippen LogP) is 1.22. The van der Waals surface area contributed by atoms with Crippen molar-refractivity contribution in [2.75, 3.05) is 20.3 Å². The van der Waals surface area contributed by atoms with Crippen LogP contribution in [0.3, 0.4) is 0 Å². The van der Waals surface area contributed by atoms with Gasteiger partial charge in [0.1, 0.15) is 5.75 Å². The van der Waals surface area contributed by atoms with Gasteiger partial charge in [0.15, 0.2) is 0 Å². The van der Waals surface area contributed by atoms with E-state index in [0.29, 0.717) is 37.4 Å². The van der Waals surface area contributed by atoms with Crippen LogP contribution >= 0.6 is 0 Å². The van der Waals surface area contributed by atoms with E-state index in [4.69, 9.17) is 9.47 Å². The Labute approximate surface area is 99.4 Å². The Balaban J connectivity index is 2.41. The van der Waals surface area contributed by atoms with Crippen LogP contribution in [0, 0.1) is 0 Å². The van der Waals surface area contributed by atoms with Crippen LogP contribution in [0.25, 0.3) is 0 Å². The number of hydrogen-bond acceptors (Lipinski definition) is 4. The number of carboxylic acids is 1. The molecule has 1 aliphatic heterocycles. The second kappa shape index (κ2) is 4.71. The molecule has 0 aromatic carbocycles. The highest BCUT2D eigenvalue weighted by Crippen LogP contribution is 2.36. The summed E-state index contributed by atoms with van der Waals surface area (Å²) in [7, 11) is 1.54. The summed E-state index contributed by atoms with van der Waals surface area (Å²) in [5.41, 5.74) is -0.201. The lowest BCUT2D eigenvalue weighted by Crippen LogP contribution is -2.41. The molecule has 0 unspecified atom stereocenters. The molecular weight excluding hydrogens is 222 g/mol. The second-order valence-corrected chi connectivity index (χ2v) is 4.11. The minimum absolute atomic E-state index is 0.462. The molecule has 0 spiro atoms. The van der Waals surface area contributed by atoms with Gasteiger partial charge in [0.05, 0.1) is 18.7 Å². The van der Waals surface area contributed by atoms with Gasteiger partial charge in [-0.3, -0.25) is 9.78 Å². The van der Waals surface area contributed by atoms with Gasteiger partial charge in [-0.1, -0.05) is 0 Å². The van der Waals surface area contributed by atoms with Gasteiger partial charge in [0, 0.05) is 19.4 Å². The third-order valence-corrected chi connectivity index (χ3v) is 3.26. The molecule has 1 aromatic heterocycles. The number of ether oxygens (including phenoxy) is 2. The van der Waals surface area contributed by atoms with Crippen molar-refractivity contribution < 1.29 is 19.4 Å². The van der Waals surface area contributed by atoms with Crippen LogP contribution in [0.15, 0.2) is 18.5 Å². The lowest BCUT2D eigenvalue weighted by Gasteiger charge is -2.33. The minimum atomic E-state index is -0.889. The average molecular weight is 237 g/mol. The molecule has 1 aromatic rings. The molecule has 0 aliphatic carbocycles. The van der Waals surface area contributed by atoms with Crippen molar-refractivity contribution in [3.63, 3.8) is 0 Å². The van der Waals surface area contributed by atoms with E-state index in [1.54, 1.807) is 18.5 Å². The molecule has 0 saturated carbocycles. The van der Waals surface area contributed by atoms with Crippen molar-refractivity contribution in [3.8, 4) is 5.75 Å². The maximum atomic E-state index is 11.6. The highest BCUT2D eigenvalue weighted by molar-refractivity contribution is 5.81. The number of methoxy groups -OCH3 is 1. The maximum Gasteiger partial charge on any atom is 0.314 e. The SMILES string of the molecule is COc1cncc(C2(C(=O)O)CCOCC2)c1. The summed E-state index contributed by atoms with van der Waals surface area (Å²) < 4.78 is 10.3. The third kappa shape index (κ3) is 2.10. The Hall–Kier alpha value is -1.62. The van der Waals surface area contributed by atoms with Crippen molar-refractivity contribution in [2.45, 2.75) is 18.3 Å². The fourth-order valence-corrected chi connectivity index (χ4v) is 2.14. The monoisotopic (exact) mass is 237 g/mol. The lowest BCUT2D eigenvalue weighted by molar-refractivity contribution is -0.147. The van der Waals surface area contributed by atoms with Crippen LogP contribution in [0.5, 0.6) is 5.75 Å². The van der Waals surface area contributed by atoms with E-state index in [2.05, 4.69) is 4.98 Å². The number of aromatic nitrogens is 1. The molecule has 92 valence electrons. The first-order valence-corrected chi connectivity index (χ1v) is 5.50. The van der Waals surface area contributed by atoms with Gasteiger partial charge in [-0.25, -0.2) is 0 Å². The standard InChI is InChI=1S/C12H15NO4/c1-16-10-6-9(7-13-8-10)12(11(14)15)2-4-17-5-3-12/h6-8H,2-5H2,1H3,(H,14,15). The van der Waals surface area contributed by atoms with Crippen LogP contribution in [0.4, 0.5) is 0 Å². The van der Waals surface area contributed by atoms with E-state index in [1.165, 1.54) is 7.11 Å². The highest BCUT2D eigenvalue weighted by Gasteiger charge is 2.42. The van der Waals surface area contributed by atoms with E-state index in [-0.39, 0.29) is 0 Å². The Morgan fingerprint density at radius 1 is 1.47 bits per heavy atom. The smallest absolute Gasteiger partial charge is 0.314 e. The molecule has 1 N–H and O–H groups in total. The normalized spacial score (nSPS) is 18.6. The zero-order valence-electron chi connectivity index (χ0n) is 9.68. The van der Waals surface area contributed by atoms with Crippen LogP contribution in [-0.4, -0.2) is 36.4 Å². The first-order chi connectivity index (χ1) is 8.19. The largest absolute Gasteiger partial charge is 0.495 e. The van der Waals surface area contributed by atoms with E-state index in [9.17, 15) is 9.90 Å². The number of carbonyl (C=O) groups is 1. The molecule has 0 atom stereocenters. The average Bonchev–Trinajstić information content (AvgIpc) is 2.39. The zero-order valence-corrected chi connectivity index (χ0v) is 9.68. The molecule has 0 amide bonds. The molecule has 1 fully saturated rings. The summed E-state index contributed by atoms with van der Waals surface area (Å²) in [5, 5.41) is 9.48. The molecule has 1 saturated heterocycles. The molecule has 2 rings (SSSR count). The van der Waals surface area contributed by atoms with E-state index in [1.807, 2.05) is 0 Å². The van der Waals surface area contributed by atoms with Crippen LogP contribution in [-0.2, 0) is 14.9 Å². The van der Waals surface area contributed by atoms with Crippen LogP contribution < -0.4 is 4.74 Å². The number of pyridine rings is 1. The van der Waals surface area contributed by atoms with Crippen molar-refractivity contribution in [1.82, 2.24) is 4.98 Å². The number of rotatable bonds is 3. The highest BCUT2D eigenvalue weighted by atomic mass is 16.5. The van der Waals surface area contributed by atoms with E-state index in [0.717, 1.165) is 0 Å². The fourth-order valence-electron chi connectivity index (χ4n) is 2.14. The third-order valence-electron chi connectivity index (χ3n) is 3.26. The van der Waals surface area contributed by atoms with E-state index < -0.39 is 11.4 Å². The lowest BCUT2D eigenvalue weighted by atomic mass is 9.75. The Morgan fingerprint density at radius 2 is 2.18 bits per heavy atom. The first-order valence-electron chi connectivity index (χ1n) is 5.50. The molecule has 17 heavy (non-hydrogen) atoms. The van der Waals surface area contributed by atoms with Gasteiger partial charge in [-0.15, -0.1) is 0 Å². The van der Waals surface area contributed by atoms with Crippen molar-refractivity contribution in [2.24, 2.45) is 0 Å². The van der Waals surface area contributed by atoms with Crippen molar-refractivity contribution in [1.29, 1.82) is 0 Å². The summed E-state index contributed by atoms with van der Waals surface area (Å²) in [4.78, 5) is 15.6. The fraction of sp³-hybridized carbons (Fsp3) is 0.500. The zero-order chi connectivity index (χ0) is 12.3. The van der Waals surface area contributed by atoms with Gasteiger partial charge in [0.2, 0.25) is 0 Å². The molecule has 0 radical (unpaired) electrons. The van der Waals surface area contributed by atoms with Gasteiger partial charge >= 0.3 is 5.97 Å². The van der Waals surface area contributed by atoms with Gasteiger partial charge in [-0.05, 0) is 24.5 Å². The molecular formula is C12H15NO4. The predicted molar refractivity (Wildman–Crippen MR) is 60.2 cm³/mol. The number of aliphatic carboxylic acids is 1. The summed E-state index contributed by atoms with van der Waals surface area (Å²) in [5.74, 6) is -0.245. The molecule has 0 bridgehead atoms. The molecule has 5 heteroatoms. The van der Waals surface area contributed by atoms with Crippen LogP contribution in [0.2, 0.25) is 0 Å². The quantitative estimate of drug-likeness (QED) is 0.856. The summed E-state index contributed by atoms with van der Waals surface area (Å²) in [6.07, 6.45) is 4.11. The molecule has 5 nitrogen and oxygen atoms in total. The van der Waals surface area contributed by atoms with Crippen molar-refractivity contribution >= 4 is 5.97 Å². The maximum absolute atomic E-state index is 11.6. The summed E-state index contributed by atoms with van der Waals surface area (Å²) >= 11 is 0. The Bertz CT molecular complexity index is 413. The number of nitrogens with zero attached hydrogens (tertiary/aromatic N) is 1. The Kier molecular flexibility index (Phi) is 3.28. The second-order valence-electron chi connectivity index (χ2n) is 4.11. The van der Waals surface area contributed by atoms with Gasteiger partial charge in [0.25, 0.3) is 0 Å². The summed E-state index contributed by atoms with van der Waals surface area (Å²) in [6, 6.07) is 1.74. The molecule has 2 heterocycles. The van der Waals surface area contributed by atoms with Gasteiger partial charge < -0.3 is 14.6 Å². The summed E-state index contributed by atoms with van der Waals surface area (Å²) in [6.45, 7) is 0.924. The first kappa shape index (κ1) is 11.9. The minimum Gasteiger partial charge on any atom is -0.495 e. The number of carboxylic acid groups (broad SMARTS) is 1. The molecule has 1 aliphatic rings. The topological polar surface area (TPSA) is 68.7 Å². The number of hydrogen-bond donors (Lipinski definition) is 1. The Morgan fingerprint density at radius 3 is 2.76 bits per heavy atom.